The number of hydrogen-bond donors (Lipinski definition) is 2. The van der Waals surface area contributed by atoms with Crippen LogP contribution in [0.3, 0.4) is 0 Å². The molecule has 0 bridgehead atoms. The number of amides is 2. The summed E-state index contributed by atoms with van der Waals surface area (Å²) in [5, 5.41) is 5.91. The van der Waals surface area contributed by atoms with Gasteiger partial charge in [-0.05, 0) is 53.5 Å². The lowest BCUT2D eigenvalue weighted by atomic mass is 9.86. The lowest BCUT2D eigenvalue weighted by molar-refractivity contribution is -0.121. The van der Waals surface area contributed by atoms with E-state index in [9.17, 15) is 9.59 Å². The van der Waals surface area contributed by atoms with Gasteiger partial charge in [-0.2, -0.15) is 0 Å². The molecule has 2 aromatic carbocycles. The number of rotatable bonds is 7. The van der Waals surface area contributed by atoms with Crippen molar-refractivity contribution in [2.24, 2.45) is 5.92 Å². The zero-order valence-corrected chi connectivity index (χ0v) is 17.0. The lowest BCUT2D eigenvalue weighted by Crippen LogP contribution is -2.23. The van der Waals surface area contributed by atoms with Crippen molar-refractivity contribution in [3.8, 4) is 0 Å². The van der Waals surface area contributed by atoms with Crippen LogP contribution in [-0.4, -0.2) is 11.8 Å². The number of benzene rings is 2. The highest BCUT2D eigenvalue weighted by atomic mass is 16.2. The summed E-state index contributed by atoms with van der Waals surface area (Å²) in [6.45, 7) is 7.06. The summed E-state index contributed by atoms with van der Waals surface area (Å²) in [7, 11) is 0. The number of anilines is 1. The van der Waals surface area contributed by atoms with Gasteiger partial charge in [0.15, 0.2) is 0 Å². The third-order valence-corrected chi connectivity index (χ3v) is 5.09. The molecule has 0 heterocycles. The molecule has 2 amide bonds. The van der Waals surface area contributed by atoms with Gasteiger partial charge in [0.25, 0.3) is 0 Å². The molecule has 2 N–H and O–H groups in total. The number of carbonyl (C=O) groups is 2. The first kappa shape index (κ1) is 20.1. The maximum atomic E-state index is 12.2. The summed E-state index contributed by atoms with van der Waals surface area (Å²) in [5.74, 6) is 0.312. The average molecular weight is 379 g/mol. The van der Waals surface area contributed by atoms with E-state index in [1.165, 1.54) is 11.1 Å². The Bertz CT molecular complexity index is 830. The van der Waals surface area contributed by atoms with E-state index in [4.69, 9.17) is 0 Å². The molecule has 0 spiro atoms. The normalized spacial score (nSPS) is 13.8. The fraction of sp³-hybridized carbons (Fsp3) is 0.417. The molecule has 0 aliphatic heterocycles. The molecule has 1 aliphatic rings. The summed E-state index contributed by atoms with van der Waals surface area (Å²) in [6.07, 6.45) is 3.17. The minimum absolute atomic E-state index is 0.0346. The Kier molecular flexibility index (Phi) is 6.18. The van der Waals surface area contributed by atoms with Gasteiger partial charge in [0.1, 0.15) is 0 Å². The smallest absolute Gasteiger partial charge is 0.227 e. The number of nitrogens with one attached hydrogen (secondary N) is 2. The van der Waals surface area contributed by atoms with E-state index < -0.39 is 0 Å². The topological polar surface area (TPSA) is 58.2 Å². The Balaban J connectivity index is 1.44. The second-order valence-electron chi connectivity index (χ2n) is 8.69. The number of hydrogen-bond acceptors (Lipinski definition) is 2. The number of aryl methyl sites for hydroxylation is 1. The summed E-state index contributed by atoms with van der Waals surface area (Å²) >= 11 is 0. The predicted octanol–water partition coefficient (Wildman–Crippen LogP) is 4.58. The van der Waals surface area contributed by atoms with Crippen LogP contribution in [0.2, 0.25) is 0 Å². The van der Waals surface area contributed by atoms with Crippen LogP contribution in [0.15, 0.2) is 48.5 Å². The Morgan fingerprint density at radius 3 is 2.36 bits per heavy atom. The molecule has 0 saturated heterocycles. The molecular formula is C24H30N2O2. The van der Waals surface area contributed by atoms with Crippen molar-refractivity contribution < 1.29 is 9.59 Å². The molecule has 4 heteroatoms. The third kappa shape index (κ3) is 5.95. The van der Waals surface area contributed by atoms with Crippen LogP contribution >= 0.6 is 0 Å². The van der Waals surface area contributed by atoms with E-state index in [0.29, 0.717) is 13.0 Å². The van der Waals surface area contributed by atoms with Gasteiger partial charge in [0.05, 0.1) is 0 Å². The van der Waals surface area contributed by atoms with E-state index in [-0.39, 0.29) is 23.1 Å². The summed E-state index contributed by atoms with van der Waals surface area (Å²) in [5.41, 5.74) is 4.39. The van der Waals surface area contributed by atoms with Gasteiger partial charge in [-0.15, -0.1) is 0 Å². The van der Waals surface area contributed by atoms with Gasteiger partial charge >= 0.3 is 0 Å². The molecule has 3 rings (SSSR count). The second-order valence-corrected chi connectivity index (χ2v) is 8.69. The van der Waals surface area contributed by atoms with E-state index in [1.54, 1.807) is 0 Å². The van der Waals surface area contributed by atoms with Crippen LogP contribution in [0.4, 0.5) is 5.69 Å². The molecule has 0 unspecified atom stereocenters. The van der Waals surface area contributed by atoms with Crippen molar-refractivity contribution in [1.82, 2.24) is 5.32 Å². The lowest BCUT2D eigenvalue weighted by Gasteiger charge is -2.19. The monoisotopic (exact) mass is 378 g/mol. The molecule has 0 atom stereocenters. The number of carbonyl (C=O) groups excluding carboxylic acids is 2. The first-order valence-corrected chi connectivity index (χ1v) is 10.1. The third-order valence-electron chi connectivity index (χ3n) is 5.09. The van der Waals surface area contributed by atoms with Crippen molar-refractivity contribution >= 4 is 17.5 Å². The highest BCUT2D eigenvalue weighted by Crippen LogP contribution is 2.30. The highest BCUT2D eigenvalue weighted by molar-refractivity contribution is 5.94. The van der Waals surface area contributed by atoms with E-state index in [2.05, 4.69) is 55.7 Å². The summed E-state index contributed by atoms with van der Waals surface area (Å²) in [6, 6.07) is 16.2. The molecule has 148 valence electrons. The first-order valence-electron chi connectivity index (χ1n) is 10.1. The maximum Gasteiger partial charge on any atom is 0.227 e. The van der Waals surface area contributed by atoms with Crippen LogP contribution in [-0.2, 0) is 28.0 Å². The van der Waals surface area contributed by atoms with Crippen LogP contribution in [0.1, 0.15) is 56.7 Å². The predicted molar refractivity (Wildman–Crippen MR) is 113 cm³/mol. The molecule has 4 nitrogen and oxygen atoms in total. The van der Waals surface area contributed by atoms with Gasteiger partial charge in [-0.3, -0.25) is 9.59 Å². The molecule has 1 saturated carbocycles. The minimum atomic E-state index is 0.0346. The molecular weight excluding hydrogens is 348 g/mol. The summed E-state index contributed by atoms with van der Waals surface area (Å²) < 4.78 is 0. The van der Waals surface area contributed by atoms with Crippen LogP contribution in [0.25, 0.3) is 0 Å². The highest BCUT2D eigenvalue weighted by Gasteiger charge is 2.29. The van der Waals surface area contributed by atoms with Gasteiger partial charge < -0.3 is 10.6 Å². The largest absolute Gasteiger partial charge is 0.352 e. The Labute approximate surface area is 167 Å². The SMILES string of the molecule is CC(C)(C)c1ccc(CCC(=O)NCc2cccc(NC(=O)C3CC3)c2)cc1. The molecule has 0 radical (unpaired) electrons. The van der Waals surface area contributed by atoms with E-state index in [1.807, 2.05) is 24.3 Å². The Morgan fingerprint density at radius 1 is 1.00 bits per heavy atom. The molecule has 1 aliphatic carbocycles. The van der Waals surface area contributed by atoms with Gasteiger partial charge in [-0.25, -0.2) is 0 Å². The van der Waals surface area contributed by atoms with Crippen molar-refractivity contribution in [3.05, 3.63) is 65.2 Å². The van der Waals surface area contributed by atoms with Crippen molar-refractivity contribution in [3.63, 3.8) is 0 Å². The van der Waals surface area contributed by atoms with E-state index >= 15 is 0 Å². The Hall–Kier alpha value is -2.62. The van der Waals surface area contributed by atoms with Crippen molar-refractivity contribution in [2.45, 2.75) is 58.4 Å². The fourth-order valence-electron chi connectivity index (χ4n) is 3.07. The second kappa shape index (κ2) is 8.59. The van der Waals surface area contributed by atoms with Crippen LogP contribution in [0.5, 0.6) is 0 Å². The average Bonchev–Trinajstić information content (AvgIpc) is 3.50. The molecule has 28 heavy (non-hydrogen) atoms. The standard InChI is InChI=1S/C24H30N2O2/c1-24(2,3)20-12-7-17(8-13-20)9-14-22(27)25-16-18-5-4-6-21(15-18)26-23(28)19-10-11-19/h4-8,12-13,15,19H,9-11,14,16H2,1-3H3,(H,25,27)(H,26,28). The van der Waals surface area contributed by atoms with Crippen molar-refractivity contribution in [1.29, 1.82) is 0 Å². The van der Waals surface area contributed by atoms with Crippen LogP contribution in [0, 0.1) is 5.92 Å². The molecule has 2 aromatic rings. The zero-order chi connectivity index (χ0) is 20.1. The summed E-state index contributed by atoms with van der Waals surface area (Å²) in [4.78, 5) is 24.1. The maximum absolute atomic E-state index is 12.2. The van der Waals surface area contributed by atoms with Crippen molar-refractivity contribution in [2.75, 3.05) is 5.32 Å². The van der Waals surface area contributed by atoms with Gasteiger partial charge in [-0.1, -0.05) is 57.2 Å². The minimum Gasteiger partial charge on any atom is -0.352 e. The fourth-order valence-corrected chi connectivity index (χ4v) is 3.07. The van der Waals surface area contributed by atoms with Gasteiger partial charge in [0.2, 0.25) is 11.8 Å². The Morgan fingerprint density at radius 2 is 1.71 bits per heavy atom. The quantitative estimate of drug-likeness (QED) is 0.741. The van der Waals surface area contributed by atoms with E-state index in [0.717, 1.165) is 30.5 Å². The van der Waals surface area contributed by atoms with Gasteiger partial charge in [0, 0.05) is 24.6 Å². The van der Waals surface area contributed by atoms with Crippen LogP contribution < -0.4 is 10.6 Å². The first-order chi connectivity index (χ1) is 13.3. The molecule has 1 fully saturated rings. The zero-order valence-electron chi connectivity index (χ0n) is 17.0. The molecule has 0 aromatic heterocycles.